The molecule has 0 bridgehead atoms. The molecule has 0 fully saturated rings. The van der Waals surface area contributed by atoms with Crippen molar-refractivity contribution < 1.29 is 9.53 Å². The van der Waals surface area contributed by atoms with Crippen LogP contribution in [0.25, 0.3) is 5.69 Å². The molecule has 3 aromatic carbocycles. The predicted octanol–water partition coefficient (Wildman–Crippen LogP) is 5.93. The van der Waals surface area contributed by atoms with Crippen molar-refractivity contribution in [3.05, 3.63) is 101 Å². The van der Waals surface area contributed by atoms with Gasteiger partial charge in [-0.3, -0.25) is 9.36 Å². The maximum Gasteiger partial charge on any atom is 0.251 e. The Bertz CT molecular complexity index is 1280. The number of methoxy groups -OCH3 is 1. The minimum Gasteiger partial charge on any atom is -0.497 e. The summed E-state index contributed by atoms with van der Waals surface area (Å²) in [4.78, 5) is 12.9. The quantitative estimate of drug-likeness (QED) is 0.297. The number of aromatic nitrogens is 3. The van der Waals surface area contributed by atoms with E-state index in [9.17, 15) is 4.79 Å². The number of aryl methyl sites for hydroxylation is 2. The first-order valence-corrected chi connectivity index (χ1v) is 12.6. The highest BCUT2D eigenvalue weighted by molar-refractivity contribution is 7.98. The van der Waals surface area contributed by atoms with E-state index < -0.39 is 0 Å². The highest BCUT2D eigenvalue weighted by Crippen LogP contribution is 2.28. The van der Waals surface area contributed by atoms with E-state index in [0.717, 1.165) is 28.6 Å². The largest absolute Gasteiger partial charge is 0.497 e. The van der Waals surface area contributed by atoms with Crippen molar-refractivity contribution in [3.8, 4) is 11.4 Å². The van der Waals surface area contributed by atoms with Gasteiger partial charge >= 0.3 is 0 Å². The molecule has 4 rings (SSSR count). The molecule has 7 heteroatoms. The van der Waals surface area contributed by atoms with E-state index in [4.69, 9.17) is 4.74 Å². The molecule has 1 aromatic heterocycles. The van der Waals surface area contributed by atoms with Gasteiger partial charge in [0.05, 0.1) is 13.2 Å². The van der Waals surface area contributed by atoms with Crippen LogP contribution in [0, 0.1) is 6.92 Å². The second-order valence-electron chi connectivity index (χ2n) is 8.40. The molecule has 0 aliphatic carbocycles. The van der Waals surface area contributed by atoms with Crippen LogP contribution in [-0.2, 0) is 12.2 Å². The lowest BCUT2D eigenvalue weighted by atomic mass is 10.1. The molecule has 0 saturated carbocycles. The average molecular weight is 487 g/mol. The molecule has 0 radical (unpaired) electrons. The molecule has 1 heterocycles. The zero-order valence-electron chi connectivity index (χ0n) is 20.5. The zero-order chi connectivity index (χ0) is 24.8. The number of carbonyl (C=O) groups excluding carboxylic acids is 1. The lowest BCUT2D eigenvalue weighted by molar-refractivity contribution is 0.0938. The summed E-state index contributed by atoms with van der Waals surface area (Å²) in [6.45, 7) is 6.09. The molecule has 1 N–H and O–H groups in total. The van der Waals surface area contributed by atoms with Crippen molar-refractivity contribution in [2.45, 2.75) is 44.1 Å². The van der Waals surface area contributed by atoms with Gasteiger partial charge in [-0.1, -0.05) is 60.6 Å². The third kappa shape index (κ3) is 5.92. The highest BCUT2D eigenvalue weighted by atomic mass is 32.2. The van der Waals surface area contributed by atoms with Crippen LogP contribution >= 0.6 is 11.8 Å². The van der Waals surface area contributed by atoms with E-state index in [1.165, 1.54) is 11.1 Å². The second kappa shape index (κ2) is 11.2. The van der Waals surface area contributed by atoms with Crippen molar-refractivity contribution in [3.63, 3.8) is 0 Å². The zero-order valence-corrected chi connectivity index (χ0v) is 21.3. The van der Waals surface area contributed by atoms with Crippen LogP contribution in [0.5, 0.6) is 5.75 Å². The van der Waals surface area contributed by atoms with Gasteiger partial charge < -0.3 is 10.1 Å². The molecule has 180 valence electrons. The van der Waals surface area contributed by atoms with E-state index in [1.54, 1.807) is 18.9 Å². The van der Waals surface area contributed by atoms with E-state index in [0.29, 0.717) is 17.1 Å². The van der Waals surface area contributed by atoms with Crippen LogP contribution < -0.4 is 10.1 Å². The minimum absolute atomic E-state index is 0.135. The predicted molar refractivity (Wildman–Crippen MR) is 140 cm³/mol. The van der Waals surface area contributed by atoms with E-state index in [-0.39, 0.29) is 11.9 Å². The Morgan fingerprint density at radius 3 is 2.46 bits per heavy atom. The minimum atomic E-state index is -0.340. The van der Waals surface area contributed by atoms with Gasteiger partial charge in [-0.2, -0.15) is 0 Å². The number of thioether (sulfide) groups is 1. The summed E-state index contributed by atoms with van der Waals surface area (Å²) in [7, 11) is 1.67. The maximum absolute atomic E-state index is 12.9. The Kier molecular flexibility index (Phi) is 7.87. The number of nitrogens with one attached hydrogen (secondary N) is 1. The summed E-state index contributed by atoms with van der Waals surface area (Å²) in [5, 5.41) is 12.8. The Morgan fingerprint density at radius 1 is 1.03 bits per heavy atom. The van der Waals surface area contributed by atoms with Gasteiger partial charge in [0.15, 0.2) is 11.0 Å². The number of carbonyl (C=O) groups is 1. The molecule has 0 aliphatic rings. The van der Waals surface area contributed by atoms with Crippen LogP contribution in [0.4, 0.5) is 0 Å². The van der Waals surface area contributed by atoms with Crippen LogP contribution in [0.1, 0.15) is 52.8 Å². The van der Waals surface area contributed by atoms with Gasteiger partial charge in [-0.05, 0) is 67.8 Å². The fourth-order valence-electron chi connectivity index (χ4n) is 3.74. The fourth-order valence-corrected chi connectivity index (χ4v) is 4.64. The van der Waals surface area contributed by atoms with Crippen molar-refractivity contribution in [2.24, 2.45) is 0 Å². The third-order valence-corrected chi connectivity index (χ3v) is 6.81. The van der Waals surface area contributed by atoms with E-state index >= 15 is 0 Å². The fraction of sp³-hybridized carbons (Fsp3) is 0.250. The highest BCUT2D eigenvalue weighted by Gasteiger charge is 2.21. The van der Waals surface area contributed by atoms with E-state index in [2.05, 4.69) is 59.7 Å². The summed E-state index contributed by atoms with van der Waals surface area (Å²) in [6, 6.07) is 23.6. The number of benzene rings is 3. The van der Waals surface area contributed by atoms with Crippen molar-refractivity contribution in [1.82, 2.24) is 20.1 Å². The number of amides is 1. The smallest absolute Gasteiger partial charge is 0.251 e. The number of ether oxygens (including phenoxy) is 1. The summed E-state index contributed by atoms with van der Waals surface area (Å²) < 4.78 is 7.37. The van der Waals surface area contributed by atoms with Crippen LogP contribution in [-0.4, -0.2) is 27.8 Å². The monoisotopic (exact) mass is 486 g/mol. The van der Waals surface area contributed by atoms with Crippen LogP contribution in [0.15, 0.2) is 78.0 Å². The Morgan fingerprint density at radius 2 is 1.77 bits per heavy atom. The molecule has 4 aromatic rings. The first kappa shape index (κ1) is 24.5. The van der Waals surface area contributed by atoms with Crippen molar-refractivity contribution >= 4 is 17.7 Å². The molecular formula is C28H30N4O2S. The van der Waals surface area contributed by atoms with Crippen molar-refractivity contribution in [1.29, 1.82) is 0 Å². The Labute approximate surface area is 210 Å². The second-order valence-corrected chi connectivity index (χ2v) is 9.34. The first-order chi connectivity index (χ1) is 17.0. The van der Waals surface area contributed by atoms with Gasteiger partial charge in [0, 0.05) is 17.0 Å². The summed E-state index contributed by atoms with van der Waals surface area (Å²) in [6.07, 6.45) is 0.939. The Hall–Kier alpha value is -3.58. The maximum atomic E-state index is 12.9. The molecule has 1 amide bonds. The van der Waals surface area contributed by atoms with Crippen LogP contribution in [0.3, 0.4) is 0 Å². The van der Waals surface area contributed by atoms with Gasteiger partial charge in [-0.25, -0.2) is 0 Å². The summed E-state index contributed by atoms with van der Waals surface area (Å²) in [5.74, 6) is 2.09. The lowest BCUT2D eigenvalue weighted by Crippen LogP contribution is -2.28. The standard InChI is InChI=1S/C28H30N4O2S/c1-5-21-11-13-23(14-12-21)27(33)29-20(3)26-30-31-28(32(26)24-15-9-19(2)10-16-24)35-18-22-7-6-8-25(17-22)34-4/h6-17,20H,5,18H2,1-4H3,(H,29,33). The molecule has 0 aliphatic heterocycles. The molecule has 0 spiro atoms. The van der Waals surface area contributed by atoms with Gasteiger partial charge in [0.1, 0.15) is 5.75 Å². The number of hydrogen-bond acceptors (Lipinski definition) is 5. The molecular weight excluding hydrogens is 456 g/mol. The number of rotatable bonds is 9. The third-order valence-electron chi connectivity index (χ3n) is 5.81. The average Bonchev–Trinajstić information content (AvgIpc) is 3.32. The molecule has 6 nitrogen and oxygen atoms in total. The summed E-state index contributed by atoms with van der Waals surface area (Å²) >= 11 is 1.60. The van der Waals surface area contributed by atoms with Gasteiger partial charge in [-0.15, -0.1) is 10.2 Å². The molecule has 35 heavy (non-hydrogen) atoms. The Balaban J connectivity index is 1.59. The van der Waals surface area contributed by atoms with Crippen molar-refractivity contribution in [2.75, 3.05) is 7.11 Å². The molecule has 1 unspecified atom stereocenters. The SMILES string of the molecule is CCc1ccc(C(=O)NC(C)c2nnc(SCc3cccc(OC)c3)n2-c2ccc(C)cc2)cc1. The van der Waals surface area contributed by atoms with Gasteiger partial charge in [0.25, 0.3) is 5.91 Å². The van der Waals surface area contributed by atoms with E-state index in [1.807, 2.05) is 54.0 Å². The van der Waals surface area contributed by atoms with Gasteiger partial charge in [0.2, 0.25) is 0 Å². The normalized spacial score (nSPS) is 11.8. The van der Waals surface area contributed by atoms with Crippen LogP contribution in [0.2, 0.25) is 0 Å². The first-order valence-electron chi connectivity index (χ1n) is 11.7. The molecule has 0 saturated heterocycles. The summed E-state index contributed by atoms with van der Waals surface area (Å²) in [5.41, 5.74) is 5.09. The number of hydrogen-bond donors (Lipinski definition) is 1. The molecule has 1 atom stereocenters. The number of nitrogens with zero attached hydrogens (tertiary/aromatic N) is 3. The lowest BCUT2D eigenvalue weighted by Gasteiger charge is -2.17. The topological polar surface area (TPSA) is 69.0 Å².